The Morgan fingerprint density at radius 3 is 3.00 bits per heavy atom. The lowest BCUT2D eigenvalue weighted by atomic mass is 10.3. The van der Waals surface area contributed by atoms with Gasteiger partial charge in [-0.05, 0) is 0 Å². The zero-order chi connectivity index (χ0) is 10.5. The third-order valence-electron chi connectivity index (χ3n) is 2.52. The van der Waals surface area contributed by atoms with Crippen molar-refractivity contribution >= 4 is 42.9 Å². The predicted octanol–water partition coefficient (Wildman–Crippen LogP) is 2.12. The number of aromatic nitrogens is 5. The summed E-state index contributed by atoms with van der Waals surface area (Å²) in [7, 11) is 0. The number of H-pyrrole nitrogens is 1. The summed E-state index contributed by atoms with van der Waals surface area (Å²) in [6.07, 6.45) is 6.73. The van der Waals surface area contributed by atoms with Crippen molar-refractivity contribution in [3.63, 3.8) is 0 Å². The molecule has 0 amide bonds. The lowest BCUT2D eigenvalue weighted by Crippen LogP contribution is -1.79. The first-order valence-electron chi connectivity index (χ1n) is 4.74. The van der Waals surface area contributed by atoms with Gasteiger partial charge in [-0.1, -0.05) is 11.3 Å². The molecule has 0 bridgehead atoms. The number of thiophene rings is 1. The van der Waals surface area contributed by atoms with Gasteiger partial charge in [0.05, 0.1) is 17.1 Å². The van der Waals surface area contributed by atoms with Crippen molar-refractivity contribution in [2.24, 2.45) is 0 Å². The molecule has 4 aromatic rings. The summed E-state index contributed by atoms with van der Waals surface area (Å²) in [6, 6.07) is 0. The first-order valence-corrected chi connectivity index (χ1v) is 5.56. The third-order valence-corrected chi connectivity index (χ3v) is 3.53. The molecular weight excluding hydrogens is 222 g/mol. The zero-order valence-electron chi connectivity index (χ0n) is 8.01. The second-order valence-electron chi connectivity index (χ2n) is 3.43. The van der Waals surface area contributed by atoms with E-state index in [1.54, 1.807) is 36.3 Å². The highest BCUT2D eigenvalue weighted by atomic mass is 32.1. The van der Waals surface area contributed by atoms with Crippen molar-refractivity contribution in [3.8, 4) is 0 Å². The fraction of sp³-hybridized carbons (Fsp3) is 0. The number of rotatable bonds is 0. The van der Waals surface area contributed by atoms with Crippen molar-refractivity contribution < 1.29 is 0 Å². The van der Waals surface area contributed by atoms with Gasteiger partial charge in [0.25, 0.3) is 0 Å². The van der Waals surface area contributed by atoms with Gasteiger partial charge in [-0.15, -0.1) is 0 Å². The molecule has 1 N–H and O–H groups in total. The van der Waals surface area contributed by atoms with Gasteiger partial charge < -0.3 is 4.98 Å². The molecule has 0 fully saturated rings. The first kappa shape index (κ1) is 8.12. The van der Waals surface area contributed by atoms with Gasteiger partial charge in [0.1, 0.15) is 27.0 Å². The summed E-state index contributed by atoms with van der Waals surface area (Å²) in [5.41, 5.74) is 2.76. The van der Waals surface area contributed by atoms with Crippen molar-refractivity contribution in [2.45, 2.75) is 0 Å². The monoisotopic (exact) mass is 227 g/mol. The summed E-state index contributed by atoms with van der Waals surface area (Å²) >= 11 is 1.59. The molecular formula is C10H5N5S. The summed E-state index contributed by atoms with van der Waals surface area (Å²) < 4.78 is 0. The molecule has 0 radical (unpaired) electrons. The van der Waals surface area contributed by atoms with Crippen molar-refractivity contribution in [2.75, 3.05) is 0 Å². The lowest BCUT2D eigenvalue weighted by molar-refractivity contribution is 1.22. The van der Waals surface area contributed by atoms with Gasteiger partial charge in [0.2, 0.25) is 0 Å². The Hall–Kier alpha value is -2.08. The van der Waals surface area contributed by atoms with Crippen LogP contribution >= 0.6 is 11.3 Å². The fourth-order valence-electron chi connectivity index (χ4n) is 1.88. The van der Waals surface area contributed by atoms with Crippen LogP contribution in [0.25, 0.3) is 31.6 Å². The second kappa shape index (κ2) is 2.73. The number of hydrogen-bond acceptors (Lipinski definition) is 5. The Morgan fingerprint density at radius 1 is 1.06 bits per heavy atom. The van der Waals surface area contributed by atoms with Crippen LogP contribution < -0.4 is 0 Å². The molecule has 4 aromatic heterocycles. The van der Waals surface area contributed by atoms with E-state index >= 15 is 0 Å². The molecule has 4 heterocycles. The number of nitrogens with zero attached hydrogens (tertiary/aromatic N) is 4. The van der Waals surface area contributed by atoms with E-state index in [4.69, 9.17) is 0 Å². The maximum atomic E-state index is 4.36. The van der Waals surface area contributed by atoms with Crippen molar-refractivity contribution in [1.29, 1.82) is 0 Å². The molecule has 0 unspecified atom stereocenters. The summed E-state index contributed by atoms with van der Waals surface area (Å²) in [6.45, 7) is 0. The minimum atomic E-state index is 0.910. The van der Waals surface area contributed by atoms with Crippen LogP contribution in [0.2, 0.25) is 0 Å². The van der Waals surface area contributed by atoms with E-state index < -0.39 is 0 Å². The van der Waals surface area contributed by atoms with Gasteiger partial charge in [-0.25, -0.2) is 15.0 Å². The minimum absolute atomic E-state index is 0.910. The molecule has 0 aliphatic rings. The Morgan fingerprint density at radius 2 is 2.00 bits per heavy atom. The van der Waals surface area contributed by atoms with Crippen LogP contribution in [0.4, 0.5) is 0 Å². The van der Waals surface area contributed by atoms with Gasteiger partial charge >= 0.3 is 0 Å². The molecule has 76 valence electrons. The molecule has 0 atom stereocenters. The Bertz CT molecular complexity index is 750. The Kier molecular flexibility index (Phi) is 1.39. The summed E-state index contributed by atoms with van der Waals surface area (Å²) in [5.74, 6) is 0. The quantitative estimate of drug-likeness (QED) is 0.499. The van der Waals surface area contributed by atoms with Crippen LogP contribution in [0.5, 0.6) is 0 Å². The summed E-state index contributed by atoms with van der Waals surface area (Å²) in [4.78, 5) is 22.2. The van der Waals surface area contributed by atoms with Gasteiger partial charge in [0.15, 0.2) is 0 Å². The largest absolute Gasteiger partial charge is 0.344 e. The molecule has 4 rings (SSSR count). The second-order valence-corrected chi connectivity index (χ2v) is 4.43. The van der Waals surface area contributed by atoms with Crippen LogP contribution in [0, 0.1) is 0 Å². The van der Waals surface area contributed by atoms with E-state index in [1.165, 1.54) is 0 Å². The first-order chi connectivity index (χ1) is 7.93. The zero-order valence-corrected chi connectivity index (χ0v) is 8.82. The van der Waals surface area contributed by atoms with Crippen LogP contribution in [-0.2, 0) is 0 Å². The standard InChI is InChI=1S/C10H5N5S/c1-2-13-10-8(12-1)6-7-5(3-11-4-14-7)15-9(6)16-10/h1-4,15H. The molecule has 6 heteroatoms. The molecule has 0 saturated heterocycles. The van der Waals surface area contributed by atoms with Crippen molar-refractivity contribution in [3.05, 3.63) is 24.9 Å². The molecule has 16 heavy (non-hydrogen) atoms. The predicted molar refractivity (Wildman–Crippen MR) is 62.4 cm³/mol. The number of hydrogen-bond donors (Lipinski definition) is 1. The highest BCUT2D eigenvalue weighted by molar-refractivity contribution is 7.25. The molecule has 0 spiro atoms. The third kappa shape index (κ3) is 0.892. The minimum Gasteiger partial charge on any atom is -0.344 e. The maximum absolute atomic E-state index is 4.36. The average molecular weight is 227 g/mol. The highest BCUT2D eigenvalue weighted by Crippen LogP contribution is 2.34. The smallest absolute Gasteiger partial charge is 0.144 e. The number of aromatic amines is 1. The van der Waals surface area contributed by atoms with E-state index in [0.29, 0.717) is 0 Å². The van der Waals surface area contributed by atoms with Gasteiger partial charge in [-0.2, -0.15) is 0 Å². The Labute approximate surface area is 93.2 Å². The van der Waals surface area contributed by atoms with E-state index in [9.17, 15) is 0 Å². The topological polar surface area (TPSA) is 67.3 Å². The van der Waals surface area contributed by atoms with Crippen LogP contribution in [-0.4, -0.2) is 24.9 Å². The summed E-state index contributed by atoms with van der Waals surface area (Å²) in [5, 5.41) is 1.05. The number of nitrogens with one attached hydrogen (secondary N) is 1. The van der Waals surface area contributed by atoms with E-state index in [-0.39, 0.29) is 0 Å². The van der Waals surface area contributed by atoms with E-state index in [1.807, 2.05) is 0 Å². The van der Waals surface area contributed by atoms with Crippen molar-refractivity contribution in [1.82, 2.24) is 24.9 Å². The van der Waals surface area contributed by atoms with E-state index in [0.717, 1.165) is 31.6 Å². The van der Waals surface area contributed by atoms with Gasteiger partial charge in [0, 0.05) is 12.4 Å². The van der Waals surface area contributed by atoms with Gasteiger partial charge in [-0.3, -0.25) is 4.98 Å². The van der Waals surface area contributed by atoms with Crippen LogP contribution in [0.1, 0.15) is 0 Å². The van der Waals surface area contributed by atoms with Crippen LogP contribution in [0.3, 0.4) is 0 Å². The average Bonchev–Trinajstić information content (AvgIpc) is 2.83. The normalized spacial score (nSPS) is 11.8. The molecule has 5 nitrogen and oxygen atoms in total. The lowest BCUT2D eigenvalue weighted by Gasteiger charge is -1.88. The molecule has 0 aromatic carbocycles. The molecule has 0 saturated carbocycles. The Balaban J connectivity index is 2.38. The highest BCUT2D eigenvalue weighted by Gasteiger charge is 2.13. The number of fused-ring (bicyclic) bond motifs is 5. The van der Waals surface area contributed by atoms with E-state index in [2.05, 4.69) is 24.9 Å². The maximum Gasteiger partial charge on any atom is 0.144 e. The molecule has 0 aliphatic carbocycles. The fourth-order valence-corrected chi connectivity index (χ4v) is 2.89. The SMILES string of the molecule is c1cnc2c(n1)sc1[nH]c3cncnc3c12. The van der Waals surface area contributed by atoms with Crippen LogP contribution in [0.15, 0.2) is 24.9 Å². The molecule has 0 aliphatic heterocycles.